The smallest absolute Gasteiger partial charge is 0.213 e. The van der Waals surface area contributed by atoms with Crippen molar-refractivity contribution in [2.24, 2.45) is 0 Å². The molecule has 0 N–H and O–H groups in total. The number of hydrogen-bond donors (Lipinski definition) is 0. The van der Waals surface area contributed by atoms with Crippen LogP contribution in [-0.2, 0) is 14.8 Å². The molecule has 0 amide bonds. The highest BCUT2D eigenvalue weighted by Crippen LogP contribution is 2.36. The third-order valence-electron chi connectivity index (χ3n) is 4.37. The molecule has 3 heterocycles. The maximum Gasteiger partial charge on any atom is 0.213 e. The van der Waals surface area contributed by atoms with Crippen molar-refractivity contribution < 1.29 is 17.9 Å². The van der Waals surface area contributed by atoms with Crippen LogP contribution in [0.1, 0.15) is 26.2 Å². The second-order valence-corrected chi connectivity index (χ2v) is 8.22. The summed E-state index contributed by atoms with van der Waals surface area (Å²) in [5, 5.41) is 0. The monoisotopic (exact) mass is 326 g/mol. The Bertz CT molecular complexity index is 607. The zero-order valence-electron chi connectivity index (χ0n) is 12.8. The number of hydrogen-bond acceptors (Lipinski definition) is 5. The van der Waals surface area contributed by atoms with E-state index in [0.717, 1.165) is 25.0 Å². The zero-order valence-corrected chi connectivity index (χ0v) is 13.6. The Morgan fingerprint density at radius 3 is 3.14 bits per heavy atom. The minimum Gasteiger partial charge on any atom is -0.486 e. The lowest BCUT2D eigenvalue weighted by molar-refractivity contribution is -0.0338. The molecule has 2 atom stereocenters. The van der Waals surface area contributed by atoms with E-state index in [1.54, 1.807) is 23.6 Å². The lowest BCUT2D eigenvalue weighted by Crippen LogP contribution is -2.50. The van der Waals surface area contributed by atoms with Crippen molar-refractivity contribution in [3.05, 3.63) is 24.5 Å². The molecule has 6 nitrogen and oxygen atoms in total. The summed E-state index contributed by atoms with van der Waals surface area (Å²) in [6.07, 6.45) is 5.77. The van der Waals surface area contributed by atoms with Crippen LogP contribution in [-0.4, -0.2) is 54.9 Å². The Morgan fingerprint density at radius 2 is 2.41 bits per heavy atom. The molecule has 3 rings (SSSR count). The predicted octanol–water partition coefficient (Wildman–Crippen LogP) is 1.43. The van der Waals surface area contributed by atoms with Gasteiger partial charge in [0.25, 0.3) is 0 Å². The fraction of sp³-hybridized carbons (Fsp3) is 0.667. The SMILES string of the molecule is CCS(=O)(=O)N1CCC[C@@]2(C[C@H](Oc3cccnc3)CO2)C1. The first-order valence-corrected chi connectivity index (χ1v) is 9.32. The Kier molecular flexibility index (Phi) is 4.38. The number of piperidine rings is 1. The molecule has 2 aliphatic heterocycles. The maximum atomic E-state index is 12.1. The van der Waals surface area contributed by atoms with Gasteiger partial charge in [-0.25, -0.2) is 8.42 Å². The molecular formula is C15H22N2O4S. The van der Waals surface area contributed by atoms with E-state index in [4.69, 9.17) is 9.47 Å². The summed E-state index contributed by atoms with van der Waals surface area (Å²) in [6, 6.07) is 3.70. The van der Waals surface area contributed by atoms with Gasteiger partial charge in [0.05, 0.1) is 24.2 Å². The minimum atomic E-state index is -3.16. The Labute approximate surface area is 131 Å². The van der Waals surface area contributed by atoms with Crippen LogP contribution >= 0.6 is 0 Å². The van der Waals surface area contributed by atoms with Gasteiger partial charge < -0.3 is 9.47 Å². The van der Waals surface area contributed by atoms with Crippen LogP contribution in [0.25, 0.3) is 0 Å². The van der Waals surface area contributed by atoms with Crippen molar-refractivity contribution in [3.8, 4) is 5.75 Å². The summed E-state index contributed by atoms with van der Waals surface area (Å²) in [6.45, 7) is 3.21. The summed E-state index contributed by atoms with van der Waals surface area (Å²) >= 11 is 0. The molecule has 1 spiro atoms. The third-order valence-corrected chi connectivity index (χ3v) is 6.20. The van der Waals surface area contributed by atoms with Crippen molar-refractivity contribution in [1.29, 1.82) is 0 Å². The van der Waals surface area contributed by atoms with Crippen LogP contribution < -0.4 is 4.74 Å². The summed E-state index contributed by atoms with van der Waals surface area (Å²) in [5.74, 6) is 0.862. The minimum absolute atomic E-state index is 0.0477. The lowest BCUT2D eigenvalue weighted by Gasteiger charge is -2.38. The quantitative estimate of drug-likeness (QED) is 0.837. The average Bonchev–Trinajstić information content (AvgIpc) is 2.90. The molecule has 7 heteroatoms. The first-order valence-electron chi connectivity index (χ1n) is 7.71. The molecule has 1 aromatic heterocycles. The van der Waals surface area contributed by atoms with Gasteiger partial charge in [-0.05, 0) is 31.9 Å². The highest BCUT2D eigenvalue weighted by Gasteiger charge is 2.46. The Balaban J connectivity index is 1.65. The van der Waals surface area contributed by atoms with Crippen LogP contribution in [0.15, 0.2) is 24.5 Å². The number of rotatable bonds is 4. The molecule has 2 saturated heterocycles. The van der Waals surface area contributed by atoms with Crippen molar-refractivity contribution in [2.45, 2.75) is 37.9 Å². The number of ether oxygens (including phenoxy) is 2. The van der Waals surface area contributed by atoms with E-state index in [2.05, 4.69) is 4.98 Å². The number of nitrogens with zero attached hydrogens (tertiary/aromatic N) is 2. The highest BCUT2D eigenvalue weighted by atomic mass is 32.2. The predicted molar refractivity (Wildman–Crippen MR) is 82.2 cm³/mol. The number of aromatic nitrogens is 1. The summed E-state index contributed by atoms with van der Waals surface area (Å²) < 4.78 is 37.6. The Hall–Kier alpha value is -1.18. The second-order valence-electron chi connectivity index (χ2n) is 5.96. The number of sulfonamides is 1. The van der Waals surface area contributed by atoms with Gasteiger partial charge in [0.15, 0.2) is 0 Å². The molecule has 0 unspecified atom stereocenters. The van der Waals surface area contributed by atoms with Crippen LogP contribution in [0.4, 0.5) is 0 Å². The largest absolute Gasteiger partial charge is 0.486 e. The van der Waals surface area contributed by atoms with Gasteiger partial charge in [0, 0.05) is 25.7 Å². The summed E-state index contributed by atoms with van der Waals surface area (Å²) in [7, 11) is -3.16. The maximum absolute atomic E-state index is 12.1. The molecule has 0 aromatic carbocycles. The topological polar surface area (TPSA) is 68.7 Å². The molecule has 0 bridgehead atoms. The molecule has 0 radical (unpaired) electrons. The lowest BCUT2D eigenvalue weighted by atomic mass is 9.90. The second kappa shape index (κ2) is 6.14. The van der Waals surface area contributed by atoms with E-state index in [1.807, 2.05) is 12.1 Å². The standard InChI is InChI=1S/C15H22N2O4S/c1-2-22(18,19)17-8-4-6-15(12-17)9-14(11-20-15)21-13-5-3-7-16-10-13/h3,5,7,10,14H,2,4,6,8-9,11-12H2,1H3/t14-,15+/m0/s1. The summed E-state index contributed by atoms with van der Waals surface area (Å²) in [4.78, 5) is 4.03. The highest BCUT2D eigenvalue weighted by molar-refractivity contribution is 7.89. The Morgan fingerprint density at radius 1 is 1.55 bits per heavy atom. The fourth-order valence-electron chi connectivity index (χ4n) is 3.25. The van der Waals surface area contributed by atoms with Gasteiger partial charge in [-0.2, -0.15) is 4.31 Å². The van der Waals surface area contributed by atoms with Gasteiger partial charge >= 0.3 is 0 Å². The van der Waals surface area contributed by atoms with E-state index < -0.39 is 15.6 Å². The van der Waals surface area contributed by atoms with E-state index in [9.17, 15) is 8.42 Å². The molecule has 2 fully saturated rings. The normalized spacial score (nSPS) is 29.8. The molecule has 1 aromatic rings. The fourth-order valence-corrected chi connectivity index (χ4v) is 4.45. The molecular weight excluding hydrogens is 304 g/mol. The van der Waals surface area contributed by atoms with Gasteiger partial charge in [-0.3, -0.25) is 4.98 Å². The van der Waals surface area contributed by atoms with Crippen molar-refractivity contribution >= 4 is 10.0 Å². The van der Waals surface area contributed by atoms with Gasteiger partial charge in [-0.1, -0.05) is 0 Å². The first kappa shape index (κ1) is 15.7. The van der Waals surface area contributed by atoms with E-state index in [-0.39, 0.29) is 11.9 Å². The molecule has 0 aliphatic carbocycles. The van der Waals surface area contributed by atoms with Crippen LogP contribution in [0.2, 0.25) is 0 Å². The third kappa shape index (κ3) is 3.26. The van der Waals surface area contributed by atoms with Crippen LogP contribution in [0.5, 0.6) is 5.75 Å². The summed E-state index contributed by atoms with van der Waals surface area (Å²) in [5.41, 5.74) is -0.395. The average molecular weight is 326 g/mol. The first-order chi connectivity index (χ1) is 10.5. The van der Waals surface area contributed by atoms with Crippen LogP contribution in [0.3, 0.4) is 0 Å². The van der Waals surface area contributed by atoms with E-state index in [1.165, 1.54) is 0 Å². The molecule has 22 heavy (non-hydrogen) atoms. The van der Waals surface area contributed by atoms with Crippen LogP contribution in [0, 0.1) is 0 Å². The van der Waals surface area contributed by atoms with Gasteiger partial charge in [-0.15, -0.1) is 0 Å². The van der Waals surface area contributed by atoms with Gasteiger partial charge in [0.2, 0.25) is 10.0 Å². The van der Waals surface area contributed by atoms with E-state index >= 15 is 0 Å². The van der Waals surface area contributed by atoms with Gasteiger partial charge in [0.1, 0.15) is 11.9 Å². The number of pyridine rings is 1. The van der Waals surface area contributed by atoms with E-state index in [0.29, 0.717) is 19.7 Å². The molecule has 0 saturated carbocycles. The van der Waals surface area contributed by atoms with Crippen molar-refractivity contribution in [2.75, 3.05) is 25.4 Å². The molecule has 122 valence electrons. The zero-order chi connectivity index (χ0) is 15.6. The van der Waals surface area contributed by atoms with Crippen molar-refractivity contribution in [3.63, 3.8) is 0 Å². The van der Waals surface area contributed by atoms with Crippen molar-refractivity contribution in [1.82, 2.24) is 9.29 Å². The molecule has 2 aliphatic rings.